The van der Waals surface area contributed by atoms with Gasteiger partial charge in [-0.25, -0.2) is 9.59 Å². The van der Waals surface area contributed by atoms with Gasteiger partial charge in [-0.3, -0.25) is 14.5 Å². The fourth-order valence-corrected chi connectivity index (χ4v) is 4.83. The van der Waals surface area contributed by atoms with Gasteiger partial charge in [0.05, 0.1) is 11.6 Å². The highest BCUT2D eigenvalue weighted by Crippen LogP contribution is 2.38. The predicted molar refractivity (Wildman–Crippen MR) is 141 cm³/mol. The third kappa shape index (κ3) is 6.02. The number of nitrogens with zero attached hydrogens (tertiary/aromatic N) is 2. The monoisotopic (exact) mass is 542 g/mol. The van der Waals surface area contributed by atoms with Gasteiger partial charge in [-0.15, -0.1) is 0 Å². The zero-order chi connectivity index (χ0) is 27.6. The molecule has 0 radical (unpaired) electrons. The number of carbonyl (C=O) groups is 4. The number of anilines is 1. The Hall–Kier alpha value is -3.79. The predicted octanol–water partition coefficient (Wildman–Crippen LogP) is 3.86. The molecule has 2 aromatic rings. The summed E-state index contributed by atoms with van der Waals surface area (Å²) in [6, 6.07) is 11.5. The van der Waals surface area contributed by atoms with E-state index in [2.05, 4.69) is 10.6 Å². The third-order valence-corrected chi connectivity index (χ3v) is 6.78. The maximum Gasteiger partial charge on any atom is 0.411 e. The minimum atomic E-state index is -1.12. The average molecular weight is 543 g/mol. The first-order valence-corrected chi connectivity index (χ1v) is 12.7. The zero-order valence-corrected chi connectivity index (χ0v) is 22.2. The van der Waals surface area contributed by atoms with E-state index in [1.807, 2.05) is 0 Å². The van der Waals surface area contributed by atoms with Gasteiger partial charge in [0.25, 0.3) is 0 Å². The molecule has 10 nitrogen and oxygen atoms in total. The van der Waals surface area contributed by atoms with Gasteiger partial charge in [0.15, 0.2) is 0 Å². The highest BCUT2D eigenvalue weighted by atomic mass is 35.5. The van der Waals surface area contributed by atoms with E-state index in [9.17, 15) is 24.3 Å². The van der Waals surface area contributed by atoms with Gasteiger partial charge in [-0.1, -0.05) is 35.9 Å². The molecule has 0 aromatic heterocycles. The Morgan fingerprint density at radius 2 is 1.76 bits per heavy atom. The van der Waals surface area contributed by atoms with Gasteiger partial charge < -0.3 is 25.4 Å². The van der Waals surface area contributed by atoms with Crippen molar-refractivity contribution in [1.29, 1.82) is 0 Å². The van der Waals surface area contributed by atoms with Gasteiger partial charge in [-0.05, 0) is 62.1 Å². The van der Waals surface area contributed by atoms with Crippen molar-refractivity contribution >= 4 is 41.3 Å². The molecule has 1 saturated heterocycles. The number of alkyl carbamates (subject to hydrolysis) is 1. The summed E-state index contributed by atoms with van der Waals surface area (Å²) in [6.07, 6.45) is -1.16. The van der Waals surface area contributed by atoms with Crippen LogP contribution in [0.25, 0.3) is 0 Å². The number of hydrogen-bond acceptors (Lipinski definition) is 5. The van der Waals surface area contributed by atoms with E-state index >= 15 is 0 Å². The van der Waals surface area contributed by atoms with Crippen molar-refractivity contribution in [2.75, 3.05) is 18.0 Å². The van der Waals surface area contributed by atoms with Crippen LogP contribution >= 0.6 is 11.6 Å². The summed E-state index contributed by atoms with van der Waals surface area (Å²) in [6.45, 7) is 6.11. The molecule has 3 N–H and O–H groups in total. The molecule has 0 bridgehead atoms. The van der Waals surface area contributed by atoms with E-state index in [0.717, 1.165) is 11.1 Å². The van der Waals surface area contributed by atoms with Gasteiger partial charge in [0.1, 0.15) is 11.6 Å². The SMILES string of the molecule is CC(C)(C)OC(=O)NCc1ccc(Cl)cc1CNC(=O)C1CCN1C(=O)C1CN(C(=O)O)c2ccccc21. The Bertz CT molecular complexity index is 1260. The number of fused-ring (bicyclic) bond motifs is 1. The van der Waals surface area contributed by atoms with Crippen molar-refractivity contribution in [1.82, 2.24) is 15.5 Å². The van der Waals surface area contributed by atoms with E-state index < -0.39 is 29.7 Å². The van der Waals surface area contributed by atoms with E-state index in [1.54, 1.807) is 63.2 Å². The molecule has 0 spiro atoms. The first-order valence-electron chi connectivity index (χ1n) is 12.4. The number of rotatable bonds is 6. The molecule has 38 heavy (non-hydrogen) atoms. The molecule has 0 aliphatic carbocycles. The topological polar surface area (TPSA) is 128 Å². The molecular weight excluding hydrogens is 512 g/mol. The molecule has 2 aromatic carbocycles. The van der Waals surface area contributed by atoms with Gasteiger partial charge >= 0.3 is 12.2 Å². The fourth-order valence-electron chi connectivity index (χ4n) is 4.64. The lowest BCUT2D eigenvalue weighted by Gasteiger charge is -2.41. The number of benzene rings is 2. The summed E-state index contributed by atoms with van der Waals surface area (Å²) in [5.74, 6) is -1.23. The van der Waals surface area contributed by atoms with Crippen LogP contribution in [-0.4, -0.2) is 58.7 Å². The normalized spacial score (nSPS) is 18.3. The zero-order valence-electron chi connectivity index (χ0n) is 21.5. The molecule has 4 amide bonds. The van der Waals surface area contributed by atoms with Gasteiger partial charge in [0, 0.05) is 31.2 Å². The summed E-state index contributed by atoms with van der Waals surface area (Å²) >= 11 is 6.17. The van der Waals surface area contributed by atoms with Crippen molar-refractivity contribution in [3.05, 3.63) is 64.2 Å². The van der Waals surface area contributed by atoms with Crippen LogP contribution in [0.15, 0.2) is 42.5 Å². The lowest BCUT2D eigenvalue weighted by Crippen LogP contribution is -2.59. The van der Waals surface area contributed by atoms with Crippen molar-refractivity contribution in [3.63, 3.8) is 0 Å². The van der Waals surface area contributed by atoms with Crippen LogP contribution in [0.1, 0.15) is 49.8 Å². The molecule has 1 fully saturated rings. The lowest BCUT2D eigenvalue weighted by atomic mass is 9.94. The van der Waals surface area contributed by atoms with Crippen LogP contribution in [0.3, 0.4) is 0 Å². The minimum absolute atomic E-state index is 0.0227. The molecule has 2 aliphatic heterocycles. The number of carboxylic acid groups (broad SMARTS) is 1. The Morgan fingerprint density at radius 1 is 1.05 bits per heavy atom. The molecule has 2 aliphatic rings. The number of nitrogens with one attached hydrogen (secondary N) is 2. The second-order valence-corrected chi connectivity index (χ2v) is 10.8. The van der Waals surface area contributed by atoms with Crippen LogP contribution in [0.5, 0.6) is 0 Å². The highest BCUT2D eigenvalue weighted by molar-refractivity contribution is 6.30. The number of para-hydroxylation sites is 1. The number of ether oxygens (including phenoxy) is 1. The first-order chi connectivity index (χ1) is 17.9. The number of amides is 4. The van der Waals surface area contributed by atoms with Crippen molar-refractivity contribution in [2.24, 2.45) is 0 Å². The number of halogens is 1. The standard InChI is InChI=1S/C27H31ClN4O6/c1-27(2,3)38-25(35)30-13-16-8-9-18(28)12-17(16)14-29-23(33)22-10-11-31(22)24(34)20-15-32(26(36)37)21-7-5-4-6-19(20)21/h4-9,12,20,22H,10-11,13-15H2,1-3H3,(H,29,33)(H,30,35)(H,36,37). The molecule has 0 saturated carbocycles. The summed E-state index contributed by atoms with van der Waals surface area (Å²) in [4.78, 5) is 52.8. The average Bonchev–Trinajstić information content (AvgIpc) is 3.20. The molecule has 2 heterocycles. The molecular formula is C27H31ClN4O6. The third-order valence-electron chi connectivity index (χ3n) is 6.55. The smallest absolute Gasteiger partial charge is 0.411 e. The Labute approximate surface area is 225 Å². The molecule has 2 unspecified atom stereocenters. The van der Waals surface area contributed by atoms with E-state index in [-0.39, 0.29) is 31.4 Å². The van der Waals surface area contributed by atoms with Gasteiger partial charge in [-0.2, -0.15) is 0 Å². The van der Waals surface area contributed by atoms with Gasteiger partial charge in [0.2, 0.25) is 11.8 Å². The quantitative estimate of drug-likeness (QED) is 0.508. The largest absolute Gasteiger partial charge is 0.465 e. The van der Waals surface area contributed by atoms with Crippen molar-refractivity contribution in [2.45, 2.75) is 57.8 Å². The number of hydrogen-bond donors (Lipinski definition) is 3. The molecule has 4 rings (SSSR count). The molecule has 2 atom stereocenters. The maximum absolute atomic E-state index is 13.4. The Morgan fingerprint density at radius 3 is 2.42 bits per heavy atom. The summed E-state index contributed by atoms with van der Waals surface area (Å²) in [5.41, 5.74) is 2.00. The number of likely N-dealkylation sites (tertiary alicyclic amines) is 1. The summed E-state index contributed by atoms with van der Waals surface area (Å²) in [5, 5.41) is 15.6. The van der Waals surface area contributed by atoms with Crippen LogP contribution < -0.4 is 15.5 Å². The van der Waals surface area contributed by atoms with E-state index in [0.29, 0.717) is 29.2 Å². The fraction of sp³-hybridized carbons (Fsp3) is 0.407. The van der Waals surface area contributed by atoms with Crippen molar-refractivity contribution < 1.29 is 29.0 Å². The van der Waals surface area contributed by atoms with Crippen LogP contribution in [-0.2, 0) is 27.4 Å². The maximum atomic E-state index is 13.4. The highest BCUT2D eigenvalue weighted by Gasteiger charge is 2.44. The lowest BCUT2D eigenvalue weighted by molar-refractivity contribution is -0.148. The minimum Gasteiger partial charge on any atom is -0.465 e. The van der Waals surface area contributed by atoms with E-state index in [1.165, 1.54) is 9.80 Å². The Balaban J connectivity index is 1.38. The summed E-state index contributed by atoms with van der Waals surface area (Å²) in [7, 11) is 0. The van der Waals surface area contributed by atoms with Crippen molar-refractivity contribution in [3.8, 4) is 0 Å². The second-order valence-electron chi connectivity index (χ2n) is 10.3. The number of carbonyl (C=O) groups excluding carboxylic acids is 3. The second kappa shape index (κ2) is 10.9. The van der Waals surface area contributed by atoms with Crippen LogP contribution in [0.2, 0.25) is 5.02 Å². The molecule has 11 heteroatoms. The summed E-state index contributed by atoms with van der Waals surface area (Å²) < 4.78 is 5.27. The van der Waals surface area contributed by atoms with Crippen LogP contribution in [0.4, 0.5) is 15.3 Å². The van der Waals surface area contributed by atoms with Crippen LogP contribution in [0, 0.1) is 0 Å². The molecule has 202 valence electrons. The first kappa shape index (κ1) is 27.3. The van der Waals surface area contributed by atoms with E-state index in [4.69, 9.17) is 16.3 Å². The Kier molecular flexibility index (Phi) is 7.82.